The molecule has 2 aromatic heterocycles. The van der Waals surface area contributed by atoms with Crippen LogP contribution in [0.3, 0.4) is 0 Å². The van der Waals surface area contributed by atoms with E-state index in [0.29, 0.717) is 10.7 Å². The van der Waals surface area contributed by atoms with Crippen LogP contribution in [-0.4, -0.2) is 15.9 Å². The van der Waals surface area contributed by atoms with Gasteiger partial charge in [0.1, 0.15) is 5.15 Å². The molecule has 1 amide bonds. The molecule has 4 nitrogen and oxygen atoms in total. The van der Waals surface area contributed by atoms with Crippen molar-refractivity contribution in [1.29, 1.82) is 0 Å². The highest BCUT2D eigenvalue weighted by Crippen LogP contribution is 2.19. The summed E-state index contributed by atoms with van der Waals surface area (Å²) in [5, 5.41) is 3.18. The second kappa shape index (κ2) is 6.01. The van der Waals surface area contributed by atoms with Gasteiger partial charge in [-0.15, -0.1) is 0 Å². The predicted molar refractivity (Wildman–Crippen MR) is 80.3 cm³/mol. The van der Waals surface area contributed by atoms with Crippen LogP contribution in [0.1, 0.15) is 41.4 Å². The van der Waals surface area contributed by atoms with Crippen molar-refractivity contribution in [1.82, 2.24) is 9.97 Å². The Hall–Kier alpha value is -1.94. The van der Waals surface area contributed by atoms with Crippen LogP contribution < -0.4 is 5.32 Å². The number of rotatable bonds is 3. The fraction of sp³-hybridized carbons (Fsp3) is 0.267. The summed E-state index contributed by atoms with van der Waals surface area (Å²) < 4.78 is 0. The Balaban J connectivity index is 2.28. The van der Waals surface area contributed by atoms with Crippen LogP contribution in [0.15, 0.2) is 30.6 Å². The van der Waals surface area contributed by atoms with E-state index in [9.17, 15) is 4.79 Å². The molecule has 0 unspecified atom stereocenters. The molecular weight excluding hydrogens is 274 g/mol. The van der Waals surface area contributed by atoms with Crippen LogP contribution in [0.5, 0.6) is 0 Å². The number of hydrogen-bond donors (Lipinski definition) is 1. The van der Waals surface area contributed by atoms with Gasteiger partial charge in [0.25, 0.3) is 5.91 Å². The fourth-order valence-corrected chi connectivity index (χ4v) is 1.97. The minimum Gasteiger partial charge on any atom is -0.322 e. The van der Waals surface area contributed by atoms with Gasteiger partial charge in [-0.1, -0.05) is 25.4 Å². The second-order valence-electron chi connectivity index (χ2n) is 4.90. The van der Waals surface area contributed by atoms with E-state index < -0.39 is 0 Å². The van der Waals surface area contributed by atoms with E-state index in [1.807, 2.05) is 20.8 Å². The molecule has 0 spiro atoms. The summed E-state index contributed by atoms with van der Waals surface area (Å²) in [5.41, 5.74) is 2.95. The minimum absolute atomic E-state index is 0.203. The van der Waals surface area contributed by atoms with E-state index in [-0.39, 0.29) is 11.8 Å². The largest absolute Gasteiger partial charge is 0.322 e. The first-order valence-corrected chi connectivity index (χ1v) is 6.74. The zero-order valence-electron chi connectivity index (χ0n) is 11.6. The van der Waals surface area contributed by atoms with Crippen LogP contribution in [0.25, 0.3) is 0 Å². The van der Waals surface area contributed by atoms with Gasteiger partial charge in [0, 0.05) is 29.3 Å². The number of carbonyl (C=O) groups excluding carboxylic acids is 1. The van der Waals surface area contributed by atoms with Crippen LogP contribution in [0, 0.1) is 6.92 Å². The van der Waals surface area contributed by atoms with Gasteiger partial charge in [0.15, 0.2) is 0 Å². The summed E-state index contributed by atoms with van der Waals surface area (Å²) in [6.07, 6.45) is 3.34. The highest BCUT2D eigenvalue weighted by Gasteiger charge is 2.12. The zero-order valence-corrected chi connectivity index (χ0v) is 12.4. The van der Waals surface area contributed by atoms with E-state index in [1.165, 1.54) is 0 Å². The molecule has 2 aromatic rings. The van der Waals surface area contributed by atoms with E-state index in [4.69, 9.17) is 11.6 Å². The Bertz CT molecular complexity index is 641. The van der Waals surface area contributed by atoms with Crippen LogP contribution in [0.2, 0.25) is 5.15 Å². The van der Waals surface area contributed by atoms with Gasteiger partial charge < -0.3 is 5.32 Å². The Labute approximate surface area is 123 Å². The van der Waals surface area contributed by atoms with Gasteiger partial charge in [0.2, 0.25) is 0 Å². The molecule has 0 bridgehead atoms. The standard InChI is InChI=1S/C15H16ClN3O/c1-9(2)13-6-11(7-14(16)18-13)15(20)19-12-4-5-17-8-10(12)3/h4-9H,1-3H3,(H,17,19,20). The molecule has 1 N–H and O–H groups in total. The number of pyridine rings is 2. The number of anilines is 1. The molecule has 5 heteroatoms. The smallest absolute Gasteiger partial charge is 0.255 e. The zero-order chi connectivity index (χ0) is 14.7. The number of hydrogen-bond acceptors (Lipinski definition) is 3. The highest BCUT2D eigenvalue weighted by atomic mass is 35.5. The summed E-state index contributed by atoms with van der Waals surface area (Å²) in [6, 6.07) is 5.10. The highest BCUT2D eigenvalue weighted by molar-refractivity contribution is 6.29. The fourth-order valence-electron chi connectivity index (χ4n) is 1.75. The quantitative estimate of drug-likeness (QED) is 0.874. The normalized spacial score (nSPS) is 10.7. The summed E-state index contributed by atoms with van der Waals surface area (Å²) in [4.78, 5) is 20.5. The van der Waals surface area contributed by atoms with Gasteiger partial charge in [-0.25, -0.2) is 4.98 Å². The third kappa shape index (κ3) is 3.33. The molecule has 2 rings (SSSR count). The molecule has 2 heterocycles. The minimum atomic E-state index is -0.203. The Morgan fingerprint density at radius 3 is 2.75 bits per heavy atom. The molecule has 20 heavy (non-hydrogen) atoms. The molecule has 0 fully saturated rings. The van der Waals surface area contributed by atoms with Crippen molar-refractivity contribution in [2.45, 2.75) is 26.7 Å². The summed E-state index contributed by atoms with van der Waals surface area (Å²) in [5.74, 6) is 0.00779. The van der Waals surface area contributed by atoms with Gasteiger partial charge >= 0.3 is 0 Å². The molecule has 0 aliphatic carbocycles. The summed E-state index contributed by atoms with van der Waals surface area (Å²) in [6.45, 7) is 5.91. The van der Waals surface area contributed by atoms with E-state index >= 15 is 0 Å². The lowest BCUT2D eigenvalue weighted by Crippen LogP contribution is -2.14. The number of halogens is 1. The van der Waals surface area contributed by atoms with Gasteiger partial charge in [-0.2, -0.15) is 0 Å². The average molecular weight is 290 g/mol. The summed E-state index contributed by atoms with van der Waals surface area (Å²) >= 11 is 5.97. The van der Waals surface area contributed by atoms with Gasteiger partial charge in [0.05, 0.1) is 0 Å². The van der Waals surface area contributed by atoms with Crippen LogP contribution >= 0.6 is 11.6 Å². The first-order chi connectivity index (χ1) is 9.47. The molecule has 104 valence electrons. The number of nitrogens with one attached hydrogen (secondary N) is 1. The summed E-state index contributed by atoms with van der Waals surface area (Å²) in [7, 11) is 0. The van der Waals surface area contributed by atoms with Crippen molar-refractivity contribution in [3.63, 3.8) is 0 Å². The first kappa shape index (κ1) is 14.5. The SMILES string of the molecule is Cc1cnccc1NC(=O)c1cc(Cl)nc(C(C)C)c1. The number of nitrogens with zero attached hydrogens (tertiary/aromatic N) is 2. The topological polar surface area (TPSA) is 54.9 Å². The van der Waals surface area contributed by atoms with Crippen molar-refractivity contribution < 1.29 is 4.79 Å². The molecule has 0 radical (unpaired) electrons. The molecular formula is C15H16ClN3O. The Kier molecular flexibility index (Phi) is 4.35. The lowest BCUT2D eigenvalue weighted by Gasteiger charge is -2.10. The van der Waals surface area contributed by atoms with Gasteiger partial charge in [-0.05, 0) is 36.6 Å². The number of carbonyl (C=O) groups is 1. The molecule has 0 saturated heterocycles. The lowest BCUT2D eigenvalue weighted by atomic mass is 10.1. The molecule has 0 aliphatic heterocycles. The number of aryl methyl sites for hydroxylation is 1. The van der Waals surface area contributed by atoms with Gasteiger partial charge in [-0.3, -0.25) is 9.78 Å². The van der Waals surface area contributed by atoms with E-state index in [0.717, 1.165) is 16.9 Å². The Morgan fingerprint density at radius 1 is 1.35 bits per heavy atom. The Morgan fingerprint density at radius 2 is 2.10 bits per heavy atom. The molecule has 0 aliphatic rings. The number of amides is 1. The van der Waals surface area contributed by atoms with Crippen molar-refractivity contribution >= 4 is 23.2 Å². The van der Waals surface area contributed by atoms with E-state index in [1.54, 1.807) is 30.6 Å². The van der Waals surface area contributed by atoms with Crippen molar-refractivity contribution in [3.05, 3.63) is 52.6 Å². The second-order valence-corrected chi connectivity index (χ2v) is 5.29. The maximum Gasteiger partial charge on any atom is 0.255 e. The molecule has 0 aromatic carbocycles. The van der Waals surface area contributed by atoms with Crippen molar-refractivity contribution in [2.24, 2.45) is 0 Å². The van der Waals surface area contributed by atoms with E-state index in [2.05, 4.69) is 15.3 Å². The maximum atomic E-state index is 12.3. The monoisotopic (exact) mass is 289 g/mol. The first-order valence-electron chi connectivity index (χ1n) is 6.37. The third-order valence-corrected chi connectivity index (χ3v) is 3.13. The van der Waals surface area contributed by atoms with Crippen LogP contribution in [0.4, 0.5) is 5.69 Å². The predicted octanol–water partition coefficient (Wildman–Crippen LogP) is 3.81. The van der Waals surface area contributed by atoms with Crippen molar-refractivity contribution in [3.8, 4) is 0 Å². The molecule has 0 atom stereocenters. The molecule has 0 saturated carbocycles. The van der Waals surface area contributed by atoms with Crippen LogP contribution in [-0.2, 0) is 0 Å². The lowest BCUT2D eigenvalue weighted by molar-refractivity contribution is 0.102. The average Bonchev–Trinajstić information content (AvgIpc) is 2.40. The number of aromatic nitrogens is 2. The third-order valence-electron chi connectivity index (χ3n) is 2.94. The van der Waals surface area contributed by atoms with Crippen molar-refractivity contribution in [2.75, 3.05) is 5.32 Å². The maximum absolute atomic E-state index is 12.3.